The van der Waals surface area contributed by atoms with Gasteiger partial charge in [-0.3, -0.25) is 14.4 Å². The summed E-state index contributed by atoms with van der Waals surface area (Å²) in [6, 6.07) is 0. The molecule has 0 aromatic heterocycles. The minimum absolute atomic E-state index is 0.0448. The molecule has 6 heteroatoms. The van der Waals surface area contributed by atoms with Crippen molar-refractivity contribution in [2.75, 3.05) is 26.7 Å². The SMILES string of the molecule is CCOC(=O)CN(C)C(=O)CCNC(=O)C1CCCC1. The second kappa shape index (κ2) is 8.55. The Labute approximate surface area is 119 Å². The van der Waals surface area contributed by atoms with Crippen molar-refractivity contribution in [1.29, 1.82) is 0 Å². The van der Waals surface area contributed by atoms with Gasteiger partial charge in [-0.05, 0) is 19.8 Å². The van der Waals surface area contributed by atoms with Gasteiger partial charge in [0, 0.05) is 25.9 Å². The maximum atomic E-state index is 11.8. The highest BCUT2D eigenvalue weighted by molar-refractivity contribution is 5.83. The smallest absolute Gasteiger partial charge is 0.325 e. The molecule has 1 rings (SSSR count). The maximum absolute atomic E-state index is 11.8. The number of amides is 2. The van der Waals surface area contributed by atoms with Crippen molar-refractivity contribution >= 4 is 17.8 Å². The zero-order valence-corrected chi connectivity index (χ0v) is 12.3. The highest BCUT2D eigenvalue weighted by atomic mass is 16.5. The number of carbonyl (C=O) groups excluding carboxylic acids is 3. The number of nitrogens with one attached hydrogen (secondary N) is 1. The topological polar surface area (TPSA) is 75.7 Å². The van der Waals surface area contributed by atoms with Crippen LogP contribution in [0.3, 0.4) is 0 Å². The van der Waals surface area contributed by atoms with Gasteiger partial charge in [-0.1, -0.05) is 12.8 Å². The molecule has 1 aliphatic carbocycles. The largest absolute Gasteiger partial charge is 0.465 e. The predicted octanol–water partition coefficient (Wildman–Crippen LogP) is 0.704. The van der Waals surface area contributed by atoms with E-state index in [-0.39, 0.29) is 30.7 Å². The van der Waals surface area contributed by atoms with Gasteiger partial charge in [0.25, 0.3) is 0 Å². The van der Waals surface area contributed by atoms with Crippen LogP contribution in [0.5, 0.6) is 0 Å². The lowest BCUT2D eigenvalue weighted by molar-refractivity contribution is -0.148. The van der Waals surface area contributed by atoms with Gasteiger partial charge in [-0.15, -0.1) is 0 Å². The molecule has 2 amide bonds. The normalized spacial score (nSPS) is 14.9. The molecule has 1 N–H and O–H groups in total. The Morgan fingerprint density at radius 3 is 2.50 bits per heavy atom. The molecule has 114 valence electrons. The number of nitrogens with zero attached hydrogens (tertiary/aromatic N) is 1. The van der Waals surface area contributed by atoms with Crippen LogP contribution in [0.15, 0.2) is 0 Å². The first kappa shape index (κ1) is 16.5. The second-order valence-corrected chi connectivity index (χ2v) is 5.08. The number of ether oxygens (including phenoxy) is 1. The Morgan fingerprint density at radius 1 is 1.25 bits per heavy atom. The summed E-state index contributed by atoms with van der Waals surface area (Å²) in [4.78, 5) is 36.0. The van der Waals surface area contributed by atoms with Crippen molar-refractivity contribution in [1.82, 2.24) is 10.2 Å². The van der Waals surface area contributed by atoms with Crippen LogP contribution in [0.2, 0.25) is 0 Å². The molecule has 1 fully saturated rings. The molecule has 0 atom stereocenters. The molecule has 0 spiro atoms. The molecule has 0 aromatic rings. The Morgan fingerprint density at radius 2 is 1.90 bits per heavy atom. The van der Waals surface area contributed by atoms with Gasteiger partial charge in [0.05, 0.1) is 6.61 Å². The monoisotopic (exact) mass is 284 g/mol. The maximum Gasteiger partial charge on any atom is 0.325 e. The molecule has 1 saturated carbocycles. The Kier molecular flexibility index (Phi) is 7.04. The zero-order valence-electron chi connectivity index (χ0n) is 12.3. The second-order valence-electron chi connectivity index (χ2n) is 5.08. The quantitative estimate of drug-likeness (QED) is 0.698. The van der Waals surface area contributed by atoms with Crippen molar-refractivity contribution < 1.29 is 19.1 Å². The Bertz CT molecular complexity index is 351. The Hall–Kier alpha value is -1.59. The van der Waals surface area contributed by atoms with Crippen LogP contribution in [-0.4, -0.2) is 49.4 Å². The lowest BCUT2D eigenvalue weighted by Crippen LogP contribution is -2.36. The van der Waals surface area contributed by atoms with Gasteiger partial charge >= 0.3 is 5.97 Å². The van der Waals surface area contributed by atoms with Crippen molar-refractivity contribution in [3.63, 3.8) is 0 Å². The molecule has 0 saturated heterocycles. The molecule has 0 heterocycles. The fourth-order valence-electron chi connectivity index (χ4n) is 2.30. The average molecular weight is 284 g/mol. The third kappa shape index (κ3) is 5.59. The summed E-state index contributed by atoms with van der Waals surface area (Å²) in [5.74, 6) is -0.436. The van der Waals surface area contributed by atoms with E-state index in [1.54, 1.807) is 14.0 Å². The van der Waals surface area contributed by atoms with E-state index in [1.807, 2.05) is 0 Å². The molecule has 6 nitrogen and oxygen atoms in total. The predicted molar refractivity (Wildman–Crippen MR) is 73.9 cm³/mol. The standard InChI is InChI=1S/C14H24N2O4/c1-3-20-13(18)10-16(2)12(17)8-9-15-14(19)11-6-4-5-7-11/h11H,3-10H2,1-2H3,(H,15,19). The van der Waals surface area contributed by atoms with Crippen LogP contribution in [0.4, 0.5) is 0 Å². The molecule has 0 aromatic carbocycles. The summed E-state index contributed by atoms with van der Waals surface area (Å²) in [5, 5.41) is 2.79. The van der Waals surface area contributed by atoms with Gasteiger partial charge < -0.3 is 15.0 Å². The first-order chi connectivity index (χ1) is 9.54. The van der Waals surface area contributed by atoms with Crippen molar-refractivity contribution in [2.24, 2.45) is 5.92 Å². The van der Waals surface area contributed by atoms with Crippen LogP contribution in [0.1, 0.15) is 39.0 Å². The fraction of sp³-hybridized carbons (Fsp3) is 0.786. The van der Waals surface area contributed by atoms with E-state index in [0.717, 1.165) is 25.7 Å². The lowest BCUT2D eigenvalue weighted by atomic mass is 10.1. The van der Waals surface area contributed by atoms with Gasteiger partial charge in [0.2, 0.25) is 11.8 Å². The molecule has 0 aliphatic heterocycles. The van der Waals surface area contributed by atoms with E-state index < -0.39 is 5.97 Å². The summed E-state index contributed by atoms with van der Waals surface area (Å²) in [6.07, 6.45) is 4.32. The van der Waals surface area contributed by atoms with E-state index in [9.17, 15) is 14.4 Å². The summed E-state index contributed by atoms with van der Waals surface area (Å²) >= 11 is 0. The van der Waals surface area contributed by atoms with Crippen LogP contribution in [-0.2, 0) is 19.1 Å². The summed E-state index contributed by atoms with van der Waals surface area (Å²) in [6.45, 7) is 2.29. The van der Waals surface area contributed by atoms with Crippen LogP contribution in [0.25, 0.3) is 0 Å². The molecule has 0 bridgehead atoms. The van der Waals surface area contributed by atoms with Crippen molar-refractivity contribution in [2.45, 2.75) is 39.0 Å². The molecule has 1 aliphatic rings. The number of carbonyl (C=O) groups is 3. The van der Waals surface area contributed by atoms with Crippen LogP contribution in [0, 0.1) is 5.92 Å². The van der Waals surface area contributed by atoms with Crippen LogP contribution >= 0.6 is 0 Å². The summed E-state index contributed by atoms with van der Waals surface area (Å²) in [7, 11) is 1.55. The first-order valence-electron chi connectivity index (χ1n) is 7.22. The highest BCUT2D eigenvalue weighted by Crippen LogP contribution is 2.24. The van der Waals surface area contributed by atoms with Gasteiger partial charge in [-0.25, -0.2) is 0 Å². The van der Waals surface area contributed by atoms with Gasteiger partial charge in [0.1, 0.15) is 6.54 Å². The summed E-state index contributed by atoms with van der Waals surface area (Å²) in [5.41, 5.74) is 0. The number of hydrogen-bond donors (Lipinski definition) is 1. The molecule has 0 radical (unpaired) electrons. The molecular formula is C14H24N2O4. The number of likely N-dealkylation sites (N-methyl/N-ethyl adjacent to an activating group) is 1. The van der Waals surface area contributed by atoms with Gasteiger partial charge in [-0.2, -0.15) is 0 Å². The molecular weight excluding hydrogens is 260 g/mol. The third-order valence-corrected chi connectivity index (χ3v) is 3.46. The number of hydrogen-bond acceptors (Lipinski definition) is 4. The van der Waals surface area contributed by atoms with Crippen LogP contribution < -0.4 is 5.32 Å². The summed E-state index contributed by atoms with van der Waals surface area (Å²) < 4.78 is 4.77. The van der Waals surface area contributed by atoms with E-state index in [0.29, 0.717) is 13.2 Å². The average Bonchev–Trinajstić information content (AvgIpc) is 2.92. The van der Waals surface area contributed by atoms with E-state index in [2.05, 4.69) is 5.32 Å². The van der Waals surface area contributed by atoms with Crippen molar-refractivity contribution in [3.05, 3.63) is 0 Å². The zero-order chi connectivity index (χ0) is 15.0. The number of esters is 1. The number of rotatable bonds is 7. The van der Waals surface area contributed by atoms with E-state index >= 15 is 0 Å². The Balaban J connectivity index is 2.18. The lowest BCUT2D eigenvalue weighted by Gasteiger charge is -2.16. The minimum atomic E-state index is -0.418. The highest BCUT2D eigenvalue weighted by Gasteiger charge is 2.22. The van der Waals surface area contributed by atoms with E-state index in [4.69, 9.17) is 4.74 Å². The van der Waals surface area contributed by atoms with Crippen molar-refractivity contribution in [3.8, 4) is 0 Å². The molecule has 20 heavy (non-hydrogen) atoms. The first-order valence-corrected chi connectivity index (χ1v) is 7.22. The van der Waals surface area contributed by atoms with E-state index in [1.165, 1.54) is 4.90 Å². The van der Waals surface area contributed by atoms with Gasteiger partial charge in [0.15, 0.2) is 0 Å². The molecule has 0 unspecified atom stereocenters. The third-order valence-electron chi connectivity index (χ3n) is 3.46. The fourth-order valence-corrected chi connectivity index (χ4v) is 2.30. The minimum Gasteiger partial charge on any atom is -0.465 e.